The van der Waals surface area contributed by atoms with Crippen molar-refractivity contribution in [2.24, 2.45) is 5.92 Å². The quantitative estimate of drug-likeness (QED) is 0.470. The fraction of sp³-hybridized carbons (Fsp3) is 0.286. The summed E-state index contributed by atoms with van der Waals surface area (Å²) in [6.07, 6.45) is 3.15. The molecule has 0 spiro atoms. The van der Waals surface area contributed by atoms with Gasteiger partial charge in [-0.1, -0.05) is 55.5 Å². The molecule has 1 amide bonds. The van der Waals surface area contributed by atoms with E-state index in [0.717, 1.165) is 12.8 Å². The van der Waals surface area contributed by atoms with Gasteiger partial charge in [0.15, 0.2) is 0 Å². The van der Waals surface area contributed by atoms with Gasteiger partial charge in [0.2, 0.25) is 0 Å². The minimum absolute atomic E-state index is 0.241. The second-order valence-corrected chi connectivity index (χ2v) is 9.50. The van der Waals surface area contributed by atoms with Gasteiger partial charge < -0.3 is 5.32 Å². The lowest BCUT2D eigenvalue weighted by atomic mass is 9.59. The molecule has 2 heterocycles. The van der Waals surface area contributed by atoms with E-state index in [1.807, 2.05) is 6.92 Å². The average molecular weight is 467 g/mol. The van der Waals surface area contributed by atoms with Crippen molar-refractivity contribution in [3.8, 4) is 0 Å². The number of rotatable bonds is 5. The van der Waals surface area contributed by atoms with E-state index in [4.69, 9.17) is 0 Å². The molecule has 2 aromatic heterocycles. The molecule has 1 atom stereocenters. The number of benzene rings is 2. The summed E-state index contributed by atoms with van der Waals surface area (Å²) in [4.78, 5) is 44.3. The zero-order chi connectivity index (χ0) is 24.1. The summed E-state index contributed by atoms with van der Waals surface area (Å²) in [5, 5.41) is 3.33. The predicted octanol–water partition coefficient (Wildman–Crippen LogP) is 3.52. The second-order valence-electron chi connectivity index (χ2n) is 9.50. The number of carbonyl (C=O) groups is 1. The van der Waals surface area contributed by atoms with Crippen molar-refractivity contribution in [1.82, 2.24) is 19.9 Å². The first-order chi connectivity index (χ1) is 17.1. The lowest BCUT2D eigenvalue weighted by Crippen LogP contribution is -2.39. The fourth-order valence-corrected chi connectivity index (χ4v) is 6.01. The highest BCUT2D eigenvalue weighted by molar-refractivity contribution is 5.96. The number of pyridine rings is 1. The molecule has 0 saturated heterocycles. The molecule has 2 bridgehead atoms. The zero-order valence-electron chi connectivity index (χ0n) is 19.5. The maximum Gasteiger partial charge on any atom is 0.329 e. The van der Waals surface area contributed by atoms with Gasteiger partial charge in [-0.15, -0.1) is 0 Å². The first-order valence-electron chi connectivity index (χ1n) is 12.2. The van der Waals surface area contributed by atoms with Crippen LogP contribution in [0.2, 0.25) is 0 Å². The zero-order valence-corrected chi connectivity index (χ0v) is 19.5. The van der Waals surface area contributed by atoms with Crippen LogP contribution >= 0.6 is 0 Å². The van der Waals surface area contributed by atoms with Gasteiger partial charge in [-0.05, 0) is 47.1 Å². The highest BCUT2D eigenvalue weighted by Crippen LogP contribution is 2.55. The number of aromatic nitrogens is 3. The lowest BCUT2D eigenvalue weighted by Gasteiger charge is -2.45. The maximum absolute atomic E-state index is 13.1. The van der Waals surface area contributed by atoms with Crippen LogP contribution in [-0.4, -0.2) is 27.0 Å². The van der Waals surface area contributed by atoms with Crippen LogP contribution < -0.4 is 16.6 Å². The van der Waals surface area contributed by atoms with Crippen LogP contribution in [0.25, 0.3) is 11.0 Å². The number of hydrogen-bond acceptors (Lipinski definition) is 4. The van der Waals surface area contributed by atoms with Crippen molar-refractivity contribution in [3.05, 3.63) is 109 Å². The van der Waals surface area contributed by atoms with E-state index in [1.54, 1.807) is 0 Å². The minimum Gasteiger partial charge on any atom is -0.352 e. The first-order valence-corrected chi connectivity index (χ1v) is 12.2. The summed E-state index contributed by atoms with van der Waals surface area (Å²) in [5.74, 6) is 0.592. The summed E-state index contributed by atoms with van der Waals surface area (Å²) in [6.45, 7) is 2.92. The molecule has 3 aliphatic carbocycles. The standard InChI is InChI=1S/C28H26N4O3/c1-2-11-32-25-23(27(34)31-28(32)35)13-17(15-29-25)26(33)30-14-16-12-22-18-7-3-5-9-20(18)24(16)21-10-6-4-8-19(21)22/h3-10,13,15-16,22,24H,2,11-12,14H2,1H3,(H,30,33)(H,31,34,35). The van der Waals surface area contributed by atoms with Crippen LogP contribution in [0.15, 0.2) is 70.4 Å². The first kappa shape index (κ1) is 21.5. The van der Waals surface area contributed by atoms with E-state index in [9.17, 15) is 14.4 Å². The van der Waals surface area contributed by atoms with Gasteiger partial charge in [0.05, 0.1) is 10.9 Å². The molecular weight excluding hydrogens is 440 g/mol. The largest absolute Gasteiger partial charge is 0.352 e. The molecule has 176 valence electrons. The second kappa shape index (κ2) is 8.34. The SMILES string of the molecule is CCCn1c(=O)[nH]c(=O)c2cc(C(=O)NCC3CC4c5ccccc5C3c3ccccc34)cnc21. The average Bonchev–Trinajstić information content (AvgIpc) is 2.89. The number of nitrogens with one attached hydrogen (secondary N) is 2. The van der Waals surface area contributed by atoms with E-state index in [0.29, 0.717) is 30.2 Å². The van der Waals surface area contributed by atoms with E-state index in [-0.39, 0.29) is 23.1 Å². The third-order valence-corrected chi connectivity index (χ3v) is 7.49. The number of nitrogens with zero attached hydrogens (tertiary/aromatic N) is 2. The monoisotopic (exact) mass is 466 g/mol. The molecule has 7 rings (SSSR count). The summed E-state index contributed by atoms with van der Waals surface area (Å²) in [7, 11) is 0. The normalized spacial score (nSPS) is 19.9. The number of amides is 1. The Morgan fingerprint density at radius 3 is 2.37 bits per heavy atom. The summed E-state index contributed by atoms with van der Waals surface area (Å²) in [6, 6.07) is 18.8. The Balaban J connectivity index is 1.28. The van der Waals surface area contributed by atoms with Crippen LogP contribution in [-0.2, 0) is 6.54 Å². The molecule has 4 aromatic rings. The topological polar surface area (TPSA) is 96.9 Å². The van der Waals surface area contributed by atoms with Crippen LogP contribution in [0.3, 0.4) is 0 Å². The van der Waals surface area contributed by atoms with Crippen molar-refractivity contribution >= 4 is 16.9 Å². The van der Waals surface area contributed by atoms with Crippen LogP contribution in [0.5, 0.6) is 0 Å². The molecule has 2 aromatic carbocycles. The Morgan fingerprint density at radius 2 is 1.71 bits per heavy atom. The van der Waals surface area contributed by atoms with Gasteiger partial charge in [0, 0.05) is 31.1 Å². The smallest absolute Gasteiger partial charge is 0.329 e. The Morgan fingerprint density at radius 1 is 1.06 bits per heavy atom. The van der Waals surface area contributed by atoms with Crippen LogP contribution in [0, 0.1) is 5.92 Å². The third-order valence-electron chi connectivity index (χ3n) is 7.49. The Labute approximate surface area is 201 Å². The molecule has 0 fully saturated rings. The van der Waals surface area contributed by atoms with Crippen LogP contribution in [0.4, 0.5) is 0 Å². The summed E-state index contributed by atoms with van der Waals surface area (Å²) < 4.78 is 1.44. The van der Waals surface area contributed by atoms with Gasteiger partial charge >= 0.3 is 5.69 Å². The van der Waals surface area contributed by atoms with Crippen LogP contribution in [0.1, 0.15) is 64.2 Å². The molecule has 7 heteroatoms. The van der Waals surface area contributed by atoms with Crippen molar-refractivity contribution in [3.63, 3.8) is 0 Å². The van der Waals surface area contributed by atoms with Gasteiger partial charge in [-0.2, -0.15) is 0 Å². The lowest BCUT2D eigenvalue weighted by molar-refractivity contribution is 0.0942. The third kappa shape index (κ3) is 3.41. The molecular formula is C28H26N4O3. The van der Waals surface area contributed by atoms with Gasteiger partial charge in [0.1, 0.15) is 5.65 Å². The highest BCUT2D eigenvalue weighted by Gasteiger charge is 2.42. The van der Waals surface area contributed by atoms with Gasteiger partial charge in [-0.3, -0.25) is 19.1 Å². The van der Waals surface area contributed by atoms with E-state index in [2.05, 4.69) is 63.8 Å². The summed E-state index contributed by atoms with van der Waals surface area (Å²) in [5.41, 5.74) is 5.11. The Bertz CT molecular complexity index is 1540. The minimum atomic E-state index is -0.530. The van der Waals surface area contributed by atoms with Crippen molar-refractivity contribution < 1.29 is 4.79 Å². The fourth-order valence-electron chi connectivity index (χ4n) is 6.01. The van der Waals surface area contributed by atoms with E-state index in [1.165, 1.54) is 39.1 Å². The Hall–Kier alpha value is -4.00. The molecule has 35 heavy (non-hydrogen) atoms. The van der Waals surface area contributed by atoms with E-state index < -0.39 is 11.2 Å². The molecule has 1 unspecified atom stereocenters. The number of fused-ring (bicyclic) bond motifs is 2. The molecule has 0 aliphatic heterocycles. The van der Waals surface area contributed by atoms with Crippen molar-refractivity contribution in [2.45, 2.75) is 38.1 Å². The number of hydrogen-bond donors (Lipinski definition) is 2. The molecule has 0 radical (unpaired) electrons. The van der Waals surface area contributed by atoms with Crippen molar-refractivity contribution in [1.29, 1.82) is 0 Å². The number of aryl methyl sites for hydroxylation is 1. The van der Waals surface area contributed by atoms with E-state index >= 15 is 0 Å². The highest BCUT2D eigenvalue weighted by atomic mass is 16.2. The summed E-state index contributed by atoms with van der Waals surface area (Å²) >= 11 is 0. The molecule has 3 aliphatic rings. The Kier molecular flexibility index (Phi) is 5.13. The van der Waals surface area contributed by atoms with Crippen molar-refractivity contribution in [2.75, 3.05) is 6.54 Å². The van der Waals surface area contributed by atoms with Gasteiger partial charge in [-0.25, -0.2) is 9.78 Å². The molecule has 7 nitrogen and oxygen atoms in total. The molecule has 0 saturated carbocycles. The predicted molar refractivity (Wildman–Crippen MR) is 134 cm³/mol. The number of H-pyrrole nitrogens is 1. The number of carbonyl (C=O) groups excluding carboxylic acids is 1. The number of aromatic amines is 1. The maximum atomic E-state index is 13.1. The molecule has 2 N–H and O–H groups in total. The van der Waals surface area contributed by atoms with Gasteiger partial charge in [0.25, 0.3) is 11.5 Å².